The number of benzene rings is 1. The normalized spacial score (nSPS) is 13.2. The number of rotatable bonds is 3. The summed E-state index contributed by atoms with van der Waals surface area (Å²) < 4.78 is 4.49. The number of hydrogen-bond donors (Lipinski definition) is 1. The van der Waals surface area contributed by atoms with E-state index in [4.69, 9.17) is 0 Å². The molecule has 0 spiro atoms. The SMILES string of the molecule is CC(C)c1cnc(NC(=O)c2ccc3c(c2)C(=O)OC3=O)s1. The van der Waals surface area contributed by atoms with Gasteiger partial charge in [0.1, 0.15) is 0 Å². The standard InChI is InChI=1S/C15H12N2O4S/c1-7(2)11-6-16-15(22-11)17-12(18)8-3-4-9-10(5-8)14(20)21-13(9)19/h3-7H,1-2H3,(H,16,17,18). The van der Waals surface area contributed by atoms with Crippen molar-refractivity contribution in [3.63, 3.8) is 0 Å². The third kappa shape index (κ3) is 2.50. The molecule has 0 bridgehead atoms. The molecule has 0 aliphatic carbocycles. The molecule has 0 fully saturated rings. The van der Waals surface area contributed by atoms with Gasteiger partial charge < -0.3 is 4.74 Å². The van der Waals surface area contributed by atoms with Crippen molar-refractivity contribution in [1.82, 2.24) is 4.98 Å². The van der Waals surface area contributed by atoms with Crippen LogP contribution in [-0.4, -0.2) is 22.8 Å². The van der Waals surface area contributed by atoms with Gasteiger partial charge in [-0.2, -0.15) is 0 Å². The molecule has 0 saturated carbocycles. The van der Waals surface area contributed by atoms with E-state index >= 15 is 0 Å². The fourth-order valence-electron chi connectivity index (χ4n) is 2.01. The monoisotopic (exact) mass is 316 g/mol. The number of fused-ring (bicyclic) bond motifs is 1. The Balaban J connectivity index is 1.82. The lowest BCUT2D eigenvalue weighted by atomic mass is 10.1. The second-order valence-corrected chi connectivity index (χ2v) is 6.18. The lowest BCUT2D eigenvalue weighted by Crippen LogP contribution is -2.12. The maximum atomic E-state index is 12.2. The Hall–Kier alpha value is -2.54. The van der Waals surface area contributed by atoms with Crippen molar-refractivity contribution in [1.29, 1.82) is 0 Å². The first-order valence-corrected chi connectivity index (χ1v) is 7.45. The lowest BCUT2D eigenvalue weighted by Gasteiger charge is -2.02. The van der Waals surface area contributed by atoms with Gasteiger partial charge in [-0.05, 0) is 24.1 Å². The number of aromatic nitrogens is 1. The van der Waals surface area contributed by atoms with Gasteiger partial charge in [0, 0.05) is 16.6 Å². The first-order chi connectivity index (χ1) is 10.5. The minimum atomic E-state index is -0.731. The van der Waals surface area contributed by atoms with E-state index in [1.54, 1.807) is 6.20 Å². The van der Waals surface area contributed by atoms with Crippen molar-refractivity contribution < 1.29 is 19.1 Å². The molecule has 0 radical (unpaired) electrons. The summed E-state index contributed by atoms with van der Waals surface area (Å²) in [6.07, 6.45) is 1.73. The highest BCUT2D eigenvalue weighted by atomic mass is 32.1. The minimum absolute atomic E-state index is 0.111. The highest BCUT2D eigenvalue weighted by Gasteiger charge is 2.30. The van der Waals surface area contributed by atoms with Gasteiger partial charge in [-0.1, -0.05) is 13.8 Å². The fourth-order valence-corrected chi connectivity index (χ4v) is 2.82. The van der Waals surface area contributed by atoms with Crippen LogP contribution in [0.2, 0.25) is 0 Å². The van der Waals surface area contributed by atoms with Crippen LogP contribution in [0, 0.1) is 0 Å². The molecular formula is C15H12N2O4S. The summed E-state index contributed by atoms with van der Waals surface area (Å²) in [5.74, 6) is -1.47. The average molecular weight is 316 g/mol. The molecule has 1 aliphatic rings. The van der Waals surface area contributed by atoms with Crippen LogP contribution in [0.4, 0.5) is 5.13 Å². The first kappa shape index (κ1) is 14.4. The molecule has 112 valence electrons. The summed E-state index contributed by atoms with van der Waals surface area (Å²) >= 11 is 1.40. The van der Waals surface area contributed by atoms with E-state index < -0.39 is 11.9 Å². The van der Waals surface area contributed by atoms with Crippen molar-refractivity contribution in [2.75, 3.05) is 5.32 Å². The summed E-state index contributed by atoms with van der Waals surface area (Å²) in [6, 6.07) is 4.25. The summed E-state index contributed by atoms with van der Waals surface area (Å²) in [7, 11) is 0. The molecule has 1 aromatic carbocycles. The summed E-state index contributed by atoms with van der Waals surface area (Å²) in [5, 5.41) is 3.18. The number of ether oxygens (including phenoxy) is 1. The second-order valence-electron chi connectivity index (χ2n) is 5.11. The van der Waals surface area contributed by atoms with Gasteiger partial charge in [0.15, 0.2) is 5.13 Å². The Morgan fingerprint density at radius 3 is 2.64 bits per heavy atom. The van der Waals surface area contributed by atoms with Crippen molar-refractivity contribution >= 4 is 34.3 Å². The predicted octanol–water partition coefficient (Wildman–Crippen LogP) is 2.83. The van der Waals surface area contributed by atoms with Gasteiger partial charge >= 0.3 is 11.9 Å². The van der Waals surface area contributed by atoms with Gasteiger partial charge in [-0.3, -0.25) is 10.1 Å². The number of anilines is 1. The molecule has 0 atom stereocenters. The quantitative estimate of drug-likeness (QED) is 0.695. The summed E-state index contributed by atoms with van der Waals surface area (Å²) in [6.45, 7) is 4.09. The van der Waals surface area contributed by atoms with E-state index in [-0.39, 0.29) is 22.6 Å². The summed E-state index contributed by atoms with van der Waals surface area (Å²) in [5.41, 5.74) is 0.559. The molecule has 1 amide bonds. The molecule has 0 saturated heterocycles. The third-order valence-corrected chi connectivity index (χ3v) is 4.43. The van der Waals surface area contributed by atoms with Gasteiger partial charge in [0.25, 0.3) is 5.91 Å². The largest absolute Gasteiger partial charge is 0.386 e. The van der Waals surface area contributed by atoms with Gasteiger partial charge in [0.2, 0.25) is 0 Å². The smallest absolute Gasteiger partial charge is 0.346 e. The topological polar surface area (TPSA) is 85.4 Å². The van der Waals surface area contributed by atoms with E-state index in [1.165, 1.54) is 29.5 Å². The molecule has 22 heavy (non-hydrogen) atoms. The van der Waals surface area contributed by atoms with Gasteiger partial charge in [-0.15, -0.1) is 11.3 Å². The van der Waals surface area contributed by atoms with Crippen LogP contribution in [0.3, 0.4) is 0 Å². The number of carbonyl (C=O) groups is 3. The molecule has 2 heterocycles. The van der Waals surface area contributed by atoms with Gasteiger partial charge in [-0.25, -0.2) is 14.6 Å². The molecule has 3 rings (SSSR count). The molecule has 1 N–H and O–H groups in total. The highest BCUT2D eigenvalue weighted by Crippen LogP contribution is 2.26. The number of nitrogens with zero attached hydrogens (tertiary/aromatic N) is 1. The Bertz CT molecular complexity index is 795. The molecule has 1 aliphatic heterocycles. The maximum absolute atomic E-state index is 12.2. The molecule has 0 unspecified atom stereocenters. The molecule has 7 heteroatoms. The van der Waals surface area contributed by atoms with Crippen molar-refractivity contribution in [2.24, 2.45) is 0 Å². The van der Waals surface area contributed by atoms with Crippen LogP contribution < -0.4 is 5.32 Å². The van der Waals surface area contributed by atoms with E-state index in [2.05, 4.69) is 15.0 Å². The number of nitrogens with one attached hydrogen (secondary N) is 1. The van der Waals surface area contributed by atoms with E-state index in [0.717, 1.165) is 4.88 Å². The Kier molecular flexibility index (Phi) is 3.50. The van der Waals surface area contributed by atoms with Crippen molar-refractivity contribution in [3.8, 4) is 0 Å². The minimum Gasteiger partial charge on any atom is -0.386 e. The lowest BCUT2D eigenvalue weighted by molar-refractivity contribution is 0.0443. The maximum Gasteiger partial charge on any atom is 0.346 e. The first-order valence-electron chi connectivity index (χ1n) is 6.63. The van der Waals surface area contributed by atoms with E-state index in [9.17, 15) is 14.4 Å². The number of carbonyl (C=O) groups excluding carboxylic acids is 3. The number of hydrogen-bond acceptors (Lipinski definition) is 6. The zero-order valence-corrected chi connectivity index (χ0v) is 12.7. The summed E-state index contributed by atoms with van der Waals surface area (Å²) in [4.78, 5) is 40.3. The number of esters is 2. The van der Waals surface area contributed by atoms with Crippen LogP contribution in [0.25, 0.3) is 0 Å². The molecule has 2 aromatic rings. The van der Waals surface area contributed by atoms with Crippen LogP contribution in [0.15, 0.2) is 24.4 Å². The van der Waals surface area contributed by atoms with Crippen LogP contribution >= 0.6 is 11.3 Å². The molecule has 1 aromatic heterocycles. The number of cyclic esters (lactones) is 2. The van der Waals surface area contributed by atoms with Crippen LogP contribution in [0.5, 0.6) is 0 Å². The second kappa shape index (κ2) is 5.34. The van der Waals surface area contributed by atoms with E-state index in [1.807, 2.05) is 13.8 Å². The van der Waals surface area contributed by atoms with E-state index in [0.29, 0.717) is 11.0 Å². The van der Waals surface area contributed by atoms with Crippen LogP contribution in [0.1, 0.15) is 55.7 Å². The number of amides is 1. The Labute approximate surface area is 130 Å². The number of thiazole rings is 1. The Morgan fingerprint density at radius 1 is 1.23 bits per heavy atom. The van der Waals surface area contributed by atoms with Gasteiger partial charge in [0.05, 0.1) is 11.1 Å². The Morgan fingerprint density at radius 2 is 1.95 bits per heavy atom. The fraction of sp³-hybridized carbons (Fsp3) is 0.200. The van der Waals surface area contributed by atoms with Crippen molar-refractivity contribution in [3.05, 3.63) is 46.0 Å². The molecule has 6 nitrogen and oxygen atoms in total. The van der Waals surface area contributed by atoms with Crippen molar-refractivity contribution in [2.45, 2.75) is 19.8 Å². The third-order valence-electron chi connectivity index (χ3n) is 3.22. The predicted molar refractivity (Wildman–Crippen MR) is 80.3 cm³/mol. The molecular weight excluding hydrogens is 304 g/mol. The zero-order valence-electron chi connectivity index (χ0n) is 11.9. The highest BCUT2D eigenvalue weighted by molar-refractivity contribution is 7.15. The average Bonchev–Trinajstić information content (AvgIpc) is 3.05. The van der Waals surface area contributed by atoms with Crippen LogP contribution in [-0.2, 0) is 4.74 Å². The zero-order chi connectivity index (χ0) is 15.9.